The third kappa shape index (κ3) is 5.81. The van der Waals surface area contributed by atoms with Gasteiger partial charge in [-0.1, -0.05) is 11.6 Å². The van der Waals surface area contributed by atoms with Crippen LogP contribution in [0, 0.1) is 11.6 Å². The van der Waals surface area contributed by atoms with E-state index in [-0.39, 0.29) is 71.0 Å². The molecule has 0 aliphatic carbocycles. The van der Waals surface area contributed by atoms with E-state index in [2.05, 4.69) is 41.0 Å². The highest BCUT2D eigenvalue weighted by molar-refractivity contribution is 6.31. The minimum Gasteiger partial charge on any atom is -0.467 e. The van der Waals surface area contributed by atoms with E-state index in [1.165, 1.54) is 49.7 Å². The van der Waals surface area contributed by atoms with E-state index < -0.39 is 29.0 Å². The summed E-state index contributed by atoms with van der Waals surface area (Å²) in [4.78, 5) is 38.7. The number of pyridine rings is 1. The molecule has 0 bridgehead atoms. The van der Waals surface area contributed by atoms with Crippen molar-refractivity contribution in [1.82, 2.24) is 45.8 Å². The van der Waals surface area contributed by atoms with Gasteiger partial charge in [-0.2, -0.15) is 4.80 Å². The van der Waals surface area contributed by atoms with E-state index in [9.17, 15) is 14.0 Å². The number of halogens is 3. The molecule has 3 aromatic heterocycles. The fraction of sp³-hybridized carbons (Fsp3) is 0.280. The van der Waals surface area contributed by atoms with Crippen LogP contribution in [0.1, 0.15) is 16.1 Å². The first-order chi connectivity index (χ1) is 19.7. The molecule has 2 amide bonds. The van der Waals surface area contributed by atoms with E-state index in [0.717, 1.165) is 6.07 Å². The number of aromatic nitrogens is 7. The molecule has 13 nitrogen and oxygen atoms in total. The topological polar surface area (TPSA) is 159 Å². The Morgan fingerprint density at radius 1 is 1.12 bits per heavy atom. The molecule has 1 aromatic carbocycles. The normalized spacial score (nSPS) is 13.8. The standard InChI is InChI=1S/C25H22ClF2N9O4/c1-37-35-21(34-36-37)20-16(6-15(26)7-18(20)28)13-5-17(27)19(30-8-13)3-4-29-23(39)25(11-41-12-25)33-22(38)14-9-31-24(40-2)32-10-14/h5-10H,3-4,11-12H2,1-2H3,(H,29,39)(H,33,38). The van der Waals surface area contributed by atoms with Gasteiger partial charge in [0.05, 0.1) is 44.2 Å². The monoisotopic (exact) mass is 585 g/mol. The molecule has 2 N–H and O–H groups in total. The van der Waals surface area contributed by atoms with Gasteiger partial charge in [-0.3, -0.25) is 14.6 Å². The zero-order chi connectivity index (χ0) is 29.1. The molecule has 41 heavy (non-hydrogen) atoms. The summed E-state index contributed by atoms with van der Waals surface area (Å²) in [6.07, 6.45) is 3.95. The highest BCUT2D eigenvalue weighted by Gasteiger charge is 2.47. The van der Waals surface area contributed by atoms with Gasteiger partial charge < -0.3 is 20.1 Å². The van der Waals surface area contributed by atoms with E-state index in [1.54, 1.807) is 0 Å². The number of aryl methyl sites for hydroxylation is 1. The first kappa shape index (κ1) is 27.9. The third-order valence-corrected chi connectivity index (χ3v) is 6.44. The van der Waals surface area contributed by atoms with Crippen molar-refractivity contribution in [3.63, 3.8) is 0 Å². The maximum Gasteiger partial charge on any atom is 0.316 e. The van der Waals surface area contributed by atoms with Crippen LogP contribution in [0.25, 0.3) is 22.5 Å². The Hall–Kier alpha value is -4.63. The predicted octanol–water partition coefficient (Wildman–Crippen LogP) is 1.53. The lowest BCUT2D eigenvalue weighted by molar-refractivity contribution is -0.146. The number of hydrogen-bond donors (Lipinski definition) is 2. The van der Waals surface area contributed by atoms with Crippen LogP contribution in [-0.4, -0.2) is 79.4 Å². The molecule has 4 heterocycles. The number of carbonyl (C=O) groups excluding carboxylic acids is 2. The third-order valence-electron chi connectivity index (χ3n) is 6.22. The molecule has 5 rings (SSSR count). The average Bonchev–Trinajstić information content (AvgIpc) is 3.36. The van der Waals surface area contributed by atoms with Gasteiger partial charge in [0.1, 0.15) is 11.6 Å². The molecule has 1 fully saturated rings. The maximum absolute atomic E-state index is 15.1. The summed E-state index contributed by atoms with van der Waals surface area (Å²) in [7, 11) is 2.92. The van der Waals surface area contributed by atoms with E-state index in [0.29, 0.717) is 0 Å². The molecule has 0 unspecified atom stereocenters. The van der Waals surface area contributed by atoms with Gasteiger partial charge in [-0.25, -0.2) is 18.7 Å². The van der Waals surface area contributed by atoms with Crippen LogP contribution in [-0.2, 0) is 23.0 Å². The van der Waals surface area contributed by atoms with Gasteiger partial charge in [0, 0.05) is 42.1 Å². The van der Waals surface area contributed by atoms with Crippen LogP contribution in [0.5, 0.6) is 6.01 Å². The van der Waals surface area contributed by atoms with E-state index in [1.807, 2.05) is 0 Å². The number of benzene rings is 1. The van der Waals surface area contributed by atoms with Crippen molar-refractivity contribution in [1.29, 1.82) is 0 Å². The molecule has 1 aliphatic heterocycles. The Balaban J connectivity index is 1.25. The summed E-state index contributed by atoms with van der Waals surface area (Å²) in [5, 5.41) is 17.1. The molecule has 212 valence electrons. The van der Waals surface area contributed by atoms with Crippen LogP contribution in [0.3, 0.4) is 0 Å². The summed E-state index contributed by atoms with van der Waals surface area (Å²) in [6, 6.07) is 3.84. The second-order valence-electron chi connectivity index (χ2n) is 9.06. The minimum absolute atomic E-state index is 0.0000199. The summed E-state index contributed by atoms with van der Waals surface area (Å²) in [5.74, 6) is -2.44. The maximum atomic E-state index is 15.1. The highest BCUT2D eigenvalue weighted by Crippen LogP contribution is 2.35. The number of rotatable bonds is 9. The van der Waals surface area contributed by atoms with Crippen LogP contribution >= 0.6 is 11.6 Å². The Bertz CT molecular complexity index is 1610. The smallest absolute Gasteiger partial charge is 0.316 e. The number of carbonyl (C=O) groups is 2. The van der Waals surface area contributed by atoms with Gasteiger partial charge in [0.25, 0.3) is 11.8 Å². The number of methoxy groups -OCH3 is 1. The largest absolute Gasteiger partial charge is 0.467 e. The number of tetrazole rings is 1. The molecule has 4 aromatic rings. The van der Waals surface area contributed by atoms with E-state index >= 15 is 4.39 Å². The molecule has 0 radical (unpaired) electrons. The SMILES string of the molecule is COc1ncc(C(=O)NC2(C(=O)NCCc3ncc(-c4cc(Cl)cc(F)c4-c4nnn(C)n4)cc3F)COC2)cn1. The first-order valence-corrected chi connectivity index (χ1v) is 12.5. The zero-order valence-electron chi connectivity index (χ0n) is 21.7. The Kier molecular flexibility index (Phi) is 7.81. The van der Waals surface area contributed by atoms with Crippen LogP contribution in [0.4, 0.5) is 8.78 Å². The van der Waals surface area contributed by atoms with Gasteiger partial charge in [0.15, 0.2) is 5.54 Å². The van der Waals surface area contributed by atoms with Gasteiger partial charge in [-0.05, 0) is 29.0 Å². The Labute approximate surface area is 236 Å². The van der Waals surface area contributed by atoms with Crippen molar-refractivity contribution in [2.24, 2.45) is 7.05 Å². The summed E-state index contributed by atoms with van der Waals surface area (Å²) in [6.45, 7) is -0.0594. The fourth-order valence-corrected chi connectivity index (χ4v) is 4.27. The summed E-state index contributed by atoms with van der Waals surface area (Å²) < 4.78 is 40.0. The number of ether oxygens (including phenoxy) is 2. The molecule has 1 saturated heterocycles. The Morgan fingerprint density at radius 2 is 1.88 bits per heavy atom. The molecular weight excluding hydrogens is 564 g/mol. The van der Waals surface area contributed by atoms with Crippen molar-refractivity contribution in [3.8, 4) is 28.5 Å². The zero-order valence-corrected chi connectivity index (χ0v) is 22.4. The van der Waals surface area contributed by atoms with Gasteiger partial charge in [0.2, 0.25) is 5.82 Å². The summed E-state index contributed by atoms with van der Waals surface area (Å²) >= 11 is 6.06. The fourth-order valence-electron chi connectivity index (χ4n) is 4.07. The number of hydrogen-bond acceptors (Lipinski definition) is 10. The van der Waals surface area contributed by atoms with Crippen LogP contribution in [0.2, 0.25) is 5.02 Å². The van der Waals surface area contributed by atoms with Crippen molar-refractivity contribution in [2.45, 2.75) is 12.0 Å². The molecule has 0 spiro atoms. The number of nitrogens with zero attached hydrogens (tertiary/aromatic N) is 7. The van der Waals surface area contributed by atoms with Gasteiger partial charge in [-0.15, -0.1) is 10.2 Å². The molecule has 16 heteroatoms. The molecule has 0 atom stereocenters. The summed E-state index contributed by atoms with van der Waals surface area (Å²) in [5.41, 5.74) is -0.619. The highest BCUT2D eigenvalue weighted by atomic mass is 35.5. The van der Waals surface area contributed by atoms with E-state index in [4.69, 9.17) is 21.1 Å². The van der Waals surface area contributed by atoms with Crippen molar-refractivity contribution < 1.29 is 27.8 Å². The van der Waals surface area contributed by atoms with Crippen LogP contribution < -0.4 is 15.4 Å². The van der Waals surface area contributed by atoms with Crippen molar-refractivity contribution >= 4 is 23.4 Å². The minimum atomic E-state index is -1.30. The lowest BCUT2D eigenvalue weighted by atomic mass is 9.95. The van der Waals surface area contributed by atoms with Crippen molar-refractivity contribution in [2.75, 3.05) is 26.9 Å². The quantitative estimate of drug-likeness (QED) is 0.295. The van der Waals surface area contributed by atoms with Crippen molar-refractivity contribution in [3.05, 3.63) is 64.7 Å². The lowest BCUT2D eigenvalue weighted by Crippen LogP contribution is -2.70. The average molecular weight is 586 g/mol. The molecule has 1 aliphatic rings. The number of nitrogens with one attached hydrogen (secondary N) is 2. The molecular formula is C25H22ClF2N9O4. The second-order valence-corrected chi connectivity index (χ2v) is 9.49. The predicted molar refractivity (Wildman–Crippen MR) is 139 cm³/mol. The molecule has 0 saturated carbocycles. The van der Waals surface area contributed by atoms with Gasteiger partial charge >= 0.3 is 6.01 Å². The van der Waals surface area contributed by atoms with Crippen LogP contribution in [0.15, 0.2) is 36.8 Å². The Morgan fingerprint density at radius 3 is 2.49 bits per heavy atom. The first-order valence-electron chi connectivity index (χ1n) is 12.1. The number of amides is 2. The second kappa shape index (κ2) is 11.5. The lowest BCUT2D eigenvalue weighted by Gasteiger charge is -2.40.